The van der Waals surface area contributed by atoms with Crippen molar-refractivity contribution in [2.45, 2.75) is 37.4 Å². The first-order chi connectivity index (χ1) is 11.5. The van der Waals surface area contributed by atoms with Crippen molar-refractivity contribution in [2.24, 2.45) is 0 Å². The molecule has 0 atom stereocenters. The van der Waals surface area contributed by atoms with Crippen LogP contribution in [0.3, 0.4) is 0 Å². The van der Waals surface area contributed by atoms with Gasteiger partial charge in [-0.15, -0.1) is 0 Å². The Hall–Kier alpha value is -0.275. The van der Waals surface area contributed by atoms with Crippen LogP contribution >= 0.6 is 47.8 Å². The Morgan fingerprint density at radius 2 is 1.42 bits per heavy atom. The predicted octanol–water partition coefficient (Wildman–Crippen LogP) is 4.95. The van der Waals surface area contributed by atoms with Crippen molar-refractivity contribution in [3.8, 4) is 0 Å². The first kappa shape index (κ1) is 20.0. The number of pyridine rings is 2. The number of rotatable bonds is 2. The first-order valence-electron chi connectivity index (χ1n) is 7.69. The summed E-state index contributed by atoms with van der Waals surface area (Å²) in [5.74, 6) is 1.03. The van der Waals surface area contributed by atoms with Crippen LogP contribution in [0.25, 0.3) is 0 Å². The molecule has 2 heterocycles. The van der Waals surface area contributed by atoms with Gasteiger partial charge in [0.2, 0.25) is 0 Å². The number of hydrogen-bond acceptors (Lipinski definition) is 4. The number of nitrogens with zero attached hydrogens (tertiary/aromatic N) is 2. The van der Waals surface area contributed by atoms with Gasteiger partial charge >= 0.3 is 7.12 Å². The quantitative estimate of drug-likeness (QED) is 0.550. The third-order valence-electron chi connectivity index (χ3n) is 3.59. The zero-order valence-electron chi connectivity index (χ0n) is 12.9. The smallest absolute Gasteiger partial charge is 0.427 e. The van der Waals surface area contributed by atoms with E-state index in [1.54, 1.807) is 12.4 Å². The van der Waals surface area contributed by atoms with Gasteiger partial charge in [-0.25, -0.2) is 0 Å². The summed E-state index contributed by atoms with van der Waals surface area (Å²) in [6.07, 6.45) is 11.9. The molecule has 0 unspecified atom stereocenters. The van der Waals surface area contributed by atoms with Gasteiger partial charge in [0.25, 0.3) is 0 Å². The van der Waals surface area contributed by atoms with Crippen molar-refractivity contribution in [3.05, 3.63) is 55.9 Å². The largest absolute Gasteiger partial charge is 0.454 e. The van der Waals surface area contributed by atoms with Crippen LogP contribution in [0.2, 0.25) is 5.82 Å². The van der Waals surface area contributed by atoms with Crippen LogP contribution in [-0.4, -0.2) is 27.1 Å². The fourth-order valence-corrected chi connectivity index (χ4v) is 2.91. The SMILES string of the molecule is Brc1ccncc1Br.Brc1cnccc1C1CC1.OB(O)C1CC1. The minimum atomic E-state index is -1.04. The van der Waals surface area contributed by atoms with Gasteiger partial charge in [-0.05, 0) is 90.1 Å². The maximum atomic E-state index is 8.25. The summed E-state index contributed by atoms with van der Waals surface area (Å²) in [6.45, 7) is 0. The zero-order valence-corrected chi connectivity index (χ0v) is 17.7. The van der Waals surface area contributed by atoms with E-state index in [1.807, 2.05) is 18.5 Å². The molecule has 0 saturated heterocycles. The summed E-state index contributed by atoms with van der Waals surface area (Å²) < 4.78 is 3.19. The average Bonchev–Trinajstić information content (AvgIpc) is 3.44. The maximum absolute atomic E-state index is 8.25. The molecule has 24 heavy (non-hydrogen) atoms. The molecule has 0 bridgehead atoms. The molecule has 128 valence electrons. The fraction of sp³-hybridized carbons (Fsp3) is 0.375. The van der Waals surface area contributed by atoms with Crippen LogP contribution < -0.4 is 0 Å². The molecular weight excluding hydrogens is 503 g/mol. The summed E-state index contributed by atoms with van der Waals surface area (Å²) in [5.41, 5.74) is 1.43. The van der Waals surface area contributed by atoms with Crippen LogP contribution in [0.4, 0.5) is 0 Å². The van der Waals surface area contributed by atoms with E-state index in [1.165, 1.54) is 18.4 Å². The highest BCUT2D eigenvalue weighted by atomic mass is 79.9. The second-order valence-electron chi connectivity index (χ2n) is 5.71. The summed E-state index contributed by atoms with van der Waals surface area (Å²) in [5, 5.41) is 16.5. The van der Waals surface area contributed by atoms with E-state index in [9.17, 15) is 0 Å². The summed E-state index contributed by atoms with van der Waals surface area (Å²) in [4.78, 5) is 7.88. The molecule has 4 nitrogen and oxygen atoms in total. The Bertz CT molecular complexity index is 632. The molecular formula is C16H18BBr3N2O2. The van der Waals surface area contributed by atoms with E-state index in [0.29, 0.717) is 0 Å². The standard InChI is InChI=1S/C8H8BrN.C5H3Br2N.C3H7BO2/c9-8-5-10-4-3-7(8)6-1-2-6;6-4-1-2-8-3-5(4)7;5-4(6)3-1-2-3/h3-6H,1-2H2;1-3H;3,5-6H,1-2H2. The van der Waals surface area contributed by atoms with Crippen LogP contribution in [0.5, 0.6) is 0 Å². The molecule has 2 aliphatic carbocycles. The Labute approximate surface area is 167 Å². The molecule has 2 saturated carbocycles. The minimum absolute atomic E-state index is 0.213. The van der Waals surface area contributed by atoms with Crippen molar-refractivity contribution < 1.29 is 10.0 Å². The predicted molar refractivity (Wildman–Crippen MR) is 107 cm³/mol. The monoisotopic (exact) mass is 518 g/mol. The molecule has 4 rings (SSSR count). The van der Waals surface area contributed by atoms with E-state index in [2.05, 4.69) is 63.8 Å². The number of hydrogen-bond donors (Lipinski definition) is 2. The molecule has 0 radical (unpaired) electrons. The Morgan fingerprint density at radius 3 is 1.75 bits per heavy atom. The first-order valence-corrected chi connectivity index (χ1v) is 10.1. The number of halogens is 3. The lowest BCUT2D eigenvalue weighted by Gasteiger charge is -1.98. The molecule has 2 aromatic rings. The van der Waals surface area contributed by atoms with Crippen LogP contribution in [0.1, 0.15) is 37.2 Å². The summed E-state index contributed by atoms with van der Waals surface area (Å²) in [6, 6.07) is 3.98. The summed E-state index contributed by atoms with van der Waals surface area (Å²) in [7, 11) is -1.04. The van der Waals surface area contributed by atoms with Crippen LogP contribution in [0, 0.1) is 0 Å². The summed E-state index contributed by atoms with van der Waals surface area (Å²) >= 11 is 10.1. The average molecular weight is 521 g/mol. The van der Waals surface area contributed by atoms with Crippen molar-refractivity contribution in [1.29, 1.82) is 0 Å². The van der Waals surface area contributed by atoms with Crippen molar-refractivity contribution in [2.75, 3.05) is 0 Å². The van der Waals surface area contributed by atoms with Crippen molar-refractivity contribution in [1.82, 2.24) is 9.97 Å². The van der Waals surface area contributed by atoms with Crippen LogP contribution in [-0.2, 0) is 0 Å². The van der Waals surface area contributed by atoms with Crippen molar-refractivity contribution in [3.63, 3.8) is 0 Å². The lowest BCUT2D eigenvalue weighted by Crippen LogP contribution is -2.09. The maximum Gasteiger partial charge on any atom is 0.454 e. The Balaban J connectivity index is 0.000000135. The molecule has 0 spiro atoms. The van der Waals surface area contributed by atoms with Gasteiger partial charge in [0.15, 0.2) is 0 Å². The van der Waals surface area contributed by atoms with Gasteiger partial charge < -0.3 is 10.0 Å². The second-order valence-corrected chi connectivity index (χ2v) is 8.28. The molecule has 0 amide bonds. The highest BCUT2D eigenvalue weighted by Gasteiger charge is 2.33. The normalized spacial score (nSPS) is 15.5. The minimum Gasteiger partial charge on any atom is -0.427 e. The second kappa shape index (κ2) is 10.0. The molecule has 2 N–H and O–H groups in total. The lowest BCUT2D eigenvalue weighted by atomic mass is 9.84. The topological polar surface area (TPSA) is 66.2 Å². The third kappa shape index (κ3) is 7.31. The van der Waals surface area contributed by atoms with Crippen molar-refractivity contribution >= 4 is 54.9 Å². The van der Waals surface area contributed by atoms with Gasteiger partial charge in [-0.2, -0.15) is 0 Å². The van der Waals surface area contributed by atoms with Gasteiger partial charge in [-0.3, -0.25) is 9.97 Å². The van der Waals surface area contributed by atoms with Gasteiger partial charge in [0.05, 0.1) is 4.47 Å². The Morgan fingerprint density at radius 1 is 0.833 bits per heavy atom. The fourth-order valence-electron chi connectivity index (χ4n) is 1.86. The molecule has 2 aromatic heterocycles. The van der Waals surface area contributed by atoms with E-state index < -0.39 is 7.12 Å². The molecule has 8 heteroatoms. The highest BCUT2D eigenvalue weighted by Crippen LogP contribution is 2.42. The zero-order chi connectivity index (χ0) is 17.5. The van der Waals surface area contributed by atoms with E-state index in [-0.39, 0.29) is 5.82 Å². The third-order valence-corrected chi connectivity index (χ3v) is 6.11. The lowest BCUT2D eigenvalue weighted by molar-refractivity contribution is 0.403. The molecule has 0 aromatic carbocycles. The Kier molecular flexibility index (Phi) is 8.36. The van der Waals surface area contributed by atoms with E-state index in [0.717, 1.165) is 32.2 Å². The molecule has 0 aliphatic heterocycles. The van der Waals surface area contributed by atoms with Gasteiger partial charge in [0, 0.05) is 33.7 Å². The van der Waals surface area contributed by atoms with Gasteiger partial charge in [0.1, 0.15) is 0 Å². The van der Waals surface area contributed by atoms with Crippen LogP contribution in [0.15, 0.2) is 50.3 Å². The van der Waals surface area contributed by atoms with E-state index >= 15 is 0 Å². The van der Waals surface area contributed by atoms with Gasteiger partial charge in [-0.1, -0.05) is 12.8 Å². The number of aromatic nitrogens is 2. The highest BCUT2D eigenvalue weighted by molar-refractivity contribution is 9.13. The van der Waals surface area contributed by atoms with E-state index in [4.69, 9.17) is 10.0 Å². The molecule has 2 aliphatic rings. The molecule has 2 fully saturated rings.